The van der Waals surface area contributed by atoms with Gasteiger partial charge in [-0.3, -0.25) is 4.79 Å². The van der Waals surface area contributed by atoms with E-state index in [4.69, 9.17) is 22.1 Å². The summed E-state index contributed by atoms with van der Waals surface area (Å²) in [5.74, 6) is -0.268. The van der Waals surface area contributed by atoms with Crippen LogP contribution in [0.2, 0.25) is 5.02 Å². The van der Waals surface area contributed by atoms with Crippen molar-refractivity contribution in [3.8, 4) is 11.5 Å². The molecule has 0 bridgehead atoms. The minimum absolute atomic E-state index is 0.0335. The molecule has 9 heteroatoms. The van der Waals surface area contributed by atoms with Crippen LogP contribution in [-0.2, 0) is 10.0 Å². The molecule has 0 aromatic heterocycles. The average Bonchev–Trinajstić information content (AvgIpc) is 2.61. The lowest BCUT2D eigenvalue weighted by Gasteiger charge is -2.27. The van der Waals surface area contributed by atoms with Crippen LogP contribution in [0.25, 0.3) is 0 Å². The van der Waals surface area contributed by atoms with Gasteiger partial charge in [-0.25, -0.2) is 8.42 Å². The Labute approximate surface area is 169 Å². The molecule has 0 aliphatic carbocycles. The first-order valence-corrected chi connectivity index (χ1v) is 10.6. The van der Waals surface area contributed by atoms with Gasteiger partial charge in [-0.15, -0.1) is 0 Å². The van der Waals surface area contributed by atoms with Crippen LogP contribution in [-0.4, -0.2) is 44.8 Å². The maximum absolute atomic E-state index is 13.2. The molecule has 1 heterocycles. The number of primary amides is 1. The second-order valence-electron chi connectivity index (χ2n) is 6.72. The van der Waals surface area contributed by atoms with Crippen molar-refractivity contribution in [3.05, 3.63) is 52.0 Å². The van der Waals surface area contributed by atoms with Crippen LogP contribution < -0.4 is 15.8 Å². The number of carbonyl (C=O) groups is 1. The van der Waals surface area contributed by atoms with Crippen molar-refractivity contribution in [1.82, 2.24) is 9.62 Å². The van der Waals surface area contributed by atoms with E-state index in [1.165, 1.54) is 16.4 Å². The monoisotopic (exact) mass is 423 g/mol. The molecule has 2 aromatic carbocycles. The van der Waals surface area contributed by atoms with E-state index in [9.17, 15) is 13.2 Å². The minimum Gasteiger partial charge on any atom is -0.456 e. The van der Waals surface area contributed by atoms with Crippen molar-refractivity contribution < 1.29 is 17.9 Å². The number of nitrogens with two attached hydrogens (primary N) is 1. The number of nitrogens with one attached hydrogen (secondary N) is 1. The quantitative estimate of drug-likeness (QED) is 0.769. The maximum atomic E-state index is 13.2. The molecule has 0 saturated carbocycles. The molecule has 7 nitrogen and oxygen atoms in total. The molecular formula is C19H22ClN3O4S. The molecular weight excluding hydrogens is 402 g/mol. The summed E-state index contributed by atoms with van der Waals surface area (Å²) < 4.78 is 33.7. The molecule has 2 aromatic rings. The molecule has 0 atom stereocenters. The molecule has 150 valence electrons. The van der Waals surface area contributed by atoms with E-state index in [-0.39, 0.29) is 21.2 Å². The molecule has 3 N–H and O–H groups in total. The largest absolute Gasteiger partial charge is 0.456 e. The molecule has 3 rings (SSSR count). The smallest absolute Gasteiger partial charge is 0.250 e. The highest BCUT2D eigenvalue weighted by molar-refractivity contribution is 7.89. The van der Waals surface area contributed by atoms with Gasteiger partial charge in [-0.2, -0.15) is 4.31 Å². The van der Waals surface area contributed by atoms with Gasteiger partial charge in [0.25, 0.3) is 0 Å². The molecule has 1 aliphatic heterocycles. The van der Waals surface area contributed by atoms with Crippen molar-refractivity contribution in [2.75, 3.05) is 26.2 Å². The highest BCUT2D eigenvalue weighted by atomic mass is 35.5. The summed E-state index contributed by atoms with van der Waals surface area (Å²) in [7, 11) is -3.90. The Morgan fingerprint density at radius 1 is 1.11 bits per heavy atom. The number of sulfonamides is 1. The van der Waals surface area contributed by atoms with Crippen LogP contribution in [0, 0.1) is 13.8 Å². The highest BCUT2D eigenvalue weighted by Gasteiger charge is 2.31. The average molecular weight is 424 g/mol. The highest BCUT2D eigenvalue weighted by Crippen LogP contribution is 2.36. The maximum Gasteiger partial charge on any atom is 0.250 e. The van der Waals surface area contributed by atoms with Gasteiger partial charge in [-0.1, -0.05) is 17.7 Å². The first-order chi connectivity index (χ1) is 13.2. The number of hydrogen-bond acceptors (Lipinski definition) is 5. The van der Waals surface area contributed by atoms with Gasteiger partial charge in [0.05, 0.1) is 10.6 Å². The number of aryl methyl sites for hydroxylation is 2. The van der Waals surface area contributed by atoms with Gasteiger partial charge in [0.2, 0.25) is 15.9 Å². The molecule has 28 heavy (non-hydrogen) atoms. The van der Waals surface area contributed by atoms with Crippen LogP contribution in [0.5, 0.6) is 11.5 Å². The first kappa shape index (κ1) is 20.6. The Bertz CT molecular complexity index is 998. The first-order valence-electron chi connectivity index (χ1n) is 8.79. The number of carbonyl (C=O) groups excluding carboxylic acids is 1. The minimum atomic E-state index is -3.90. The molecule has 0 unspecified atom stereocenters. The lowest BCUT2D eigenvalue weighted by atomic mass is 10.1. The summed E-state index contributed by atoms with van der Waals surface area (Å²) in [4.78, 5) is 11.6. The van der Waals surface area contributed by atoms with Gasteiger partial charge in [0, 0.05) is 32.2 Å². The van der Waals surface area contributed by atoms with Crippen molar-refractivity contribution in [1.29, 1.82) is 0 Å². The summed E-state index contributed by atoms with van der Waals surface area (Å²) >= 11 is 6.16. The second-order valence-corrected chi connectivity index (χ2v) is 9.04. The number of hydrogen-bond donors (Lipinski definition) is 2. The van der Waals surface area contributed by atoms with E-state index in [0.29, 0.717) is 31.9 Å². The number of amides is 1. The van der Waals surface area contributed by atoms with E-state index in [1.807, 2.05) is 19.9 Å². The number of rotatable bonds is 5. The lowest BCUT2D eigenvalue weighted by molar-refractivity contribution is 0.1000. The van der Waals surface area contributed by atoms with Crippen LogP contribution >= 0.6 is 11.6 Å². The van der Waals surface area contributed by atoms with Crippen molar-refractivity contribution in [2.45, 2.75) is 18.7 Å². The Morgan fingerprint density at radius 3 is 2.29 bits per heavy atom. The zero-order chi connectivity index (χ0) is 20.5. The van der Waals surface area contributed by atoms with E-state index < -0.39 is 15.9 Å². The number of ether oxygens (including phenoxy) is 1. The van der Waals surface area contributed by atoms with E-state index in [2.05, 4.69) is 5.32 Å². The predicted molar refractivity (Wildman–Crippen MR) is 108 cm³/mol. The van der Waals surface area contributed by atoms with Gasteiger partial charge < -0.3 is 15.8 Å². The zero-order valence-corrected chi connectivity index (χ0v) is 17.2. The molecule has 1 fully saturated rings. The second kappa shape index (κ2) is 8.08. The topological polar surface area (TPSA) is 102 Å². The summed E-state index contributed by atoms with van der Waals surface area (Å²) in [6.07, 6.45) is 0. The third-order valence-corrected chi connectivity index (χ3v) is 6.65. The van der Waals surface area contributed by atoms with Crippen molar-refractivity contribution in [2.24, 2.45) is 5.73 Å². The van der Waals surface area contributed by atoms with Crippen LogP contribution in [0.3, 0.4) is 0 Å². The third-order valence-electron chi connectivity index (χ3n) is 4.42. The molecule has 1 amide bonds. The van der Waals surface area contributed by atoms with Gasteiger partial charge in [0.15, 0.2) is 0 Å². The molecule has 0 radical (unpaired) electrons. The number of halogens is 1. The summed E-state index contributed by atoms with van der Waals surface area (Å²) in [6.45, 7) is 5.56. The number of nitrogens with zero attached hydrogens (tertiary/aromatic N) is 1. The van der Waals surface area contributed by atoms with Crippen molar-refractivity contribution >= 4 is 27.5 Å². The Kier molecular flexibility index (Phi) is 5.95. The standard InChI is InChI=1S/C19H22ClN3O4S/c1-12-7-13(2)9-14(8-12)27-17-11-16(20)15(19(21)24)10-18(17)28(25,26)23-5-3-22-4-6-23/h7-11,22H,3-6H2,1-2H3,(H2,21,24). The van der Waals surface area contributed by atoms with Crippen molar-refractivity contribution in [3.63, 3.8) is 0 Å². The van der Waals surface area contributed by atoms with E-state index in [1.54, 1.807) is 12.1 Å². The third kappa shape index (κ3) is 4.30. The van der Waals surface area contributed by atoms with E-state index >= 15 is 0 Å². The normalized spacial score (nSPS) is 15.4. The Morgan fingerprint density at radius 2 is 1.71 bits per heavy atom. The van der Waals surface area contributed by atoms with Gasteiger partial charge >= 0.3 is 0 Å². The summed E-state index contributed by atoms with van der Waals surface area (Å²) in [5.41, 5.74) is 7.25. The molecule has 1 saturated heterocycles. The SMILES string of the molecule is Cc1cc(C)cc(Oc2cc(Cl)c(C(N)=O)cc2S(=O)(=O)N2CCNCC2)c1. The molecule has 0 spiro atoms. The lowest BCUT2D eigenvalue weighted by Crippen LogP contribution is -2.46. The summed E-state index contributed by atoms with van der Waals surface area (Å²) in [5, 5.41) is 3.14. The fraction of sp³-hybridized carbons (Fsp3) is 0.316. The van der Waals surface area contributed by atoms with Gasteiger partial charge in [-0.05, 0) is 43.2 Å². The van der Waals surface area contributed by atoms with Crippen LogP contribution in [0.1, 0.15) is 21.5 Å². The number of benzene rings is 2. The number of piperazine rings is 1. The zero-order valence-electron chi connectivity index (χ0n) is 15.7. The fourth-order valence-corrected chi connectivity index (χ4v) is 4.96. The van der Waals surface area contributed by atoms with Crippen LogP contribution in [0.4, 0.5) is 0 Å². The molecule has 1 aliphatic rings. The predicted octanol–water partition coefficient (Wildman–Crippen LogP) is 2.44. The van der Waals surface area contributed by atoms with Gasteiger partial charge in [0.1, 0.15) is 16.4 Å². The Balaban J connectivity index is 2.12. The van der Waals surface area contributed by atoms with Crippen LogP contribution in [0.15, 0.2) is 35.2 Å². The fourth-order valence-electron chi connectivity index (χ4n) is 3.15. The van der Waals surface area contributed by atoms with E-state index in [0.717, 1.165) is 11.1 Å². The summed E-state index contributed by atoms with van der Waals surface area (Å²) in [6, 6.07) is 8.09. The Hall–Kier alpha value is -2.13.